The predicted molar refractivity (Wildman–Crippen MR) is 112 cm³/mol. The number of nitrogens with one attached hydrogen (secondary N) is 2. The number of piperidine rings is 1. The number of hydrogen-bond acceptors (Lipinski definition) is 6. The molecule has 7 nitrogen and oxygen atoms in total. The molecule has 2 aromatic rings. The van der Waals surface area contributed by atoms with E-state index >= 15 is 0 Å². The maximum absolute atomic E-state index is 12.3. The van der Waals surface area contributed by atoms with Gasteiger partial charge in [0.25, 0.3) is 0 Å². The number of benzene rings is 1. The summed E-state index contributed by atoms with van der Waals surface area (Å²) < 4.78 is 0. The molecule has 3 rings (SSSR count). The molecule has 29 heavy (non-hydrogen) atoms. The molecular weight excluding hydrogens is 388 g/mol. The van der Waals surface area contributed by atoms with Gasteiger partial charge in [0.1, 0.15) is 5.01 Å². The minimum absolute atomic E-state index is 0.0253. The number of rotatable bonds is 9. The van der Waals surface area contributed by atoms with Crippen LogP contribution in [0.4, 0.5) is 0 Å². The third kappa shape index (κ3) is 6.92. The summed E-state index contributed by atoms with van der Waals surface area (Å²) in [6, 6.07) is 10.0. The molecule has 1 aromatic carbocycles. The second-order valence-electron chi connectivity index (χ2n) is 7.43. The largest absolute Gasteiger partial charge is 0.349 e. The molecule has 3 N–H and O–H groups in total. The van der Waals surface area contributed by atoms with E-state index in [1.54, 1.807) is 16.8 Å². The lowest BCUT2D eigenvalue weighted by molar-refractivity contribution is -0.129. The molecule has 0 saturated carbocycles. The number of hydroxylamine groups is 1. The molecule has 0 radical (unpaired) electrons. The molecule has 2 heterocycles. The average molecular weight is 417 g/mol. The van der Waals surface area contributed by atoms with Crippen LogP contribution in [-0.2, 0) is 16.1 Å². The van der Waals surface area contributed by atoms with Crippen LogP contribution < -0.4 is 10.8 Å². The Bertz CT molecular complexity index is 788. The van der Waals surface area contributed by atoms with Gasteiger partial charge in [0.15, 0.2) is 0 Å². The first-order valence-corrected chi connectivity index (χ1v) is 10.9. The molecule has 156 valence electrons. The molecule has 0 atom stereocenters. The van der Waals surface area contributed by atoms with Gasteiger partial charge in [-0.15, -0.1) is 11.3 Å². The van der Waals surface area contributed by atoms with Crippen LogP contribution in [0.1, 0.15) is 37.8 Å². The maximum Gasteiger partial charge on any atom is 0.243 e. The Balaban J connectivity index is 1.33. The van der Waals surface area contributed by atoms with Gasteiger partial charge in [0.05, 0.1) is 18.8 Å². The first-order valence-electron chi connectivity index (χ1n) is 10.1. The molecule has 1 saturated heterocycles. The van der Waals surface area contributed by atoms with E-state index in [0.29, 0.717) is 25.4 Å². The van der Waals surface area contributed by atoms with Gasteiger partial charge in [-0.05, 0) is 44.7 Å². The second-order valence-corrected chi connectivity index (χ2v) is 8.29. The summed E-state index contributed by atoms with van der Waals surface area (Å²) in [7, 11) is 0. The molecule has 0 bridgehead atoms. The van der Waals surface area contributed by atoms with Gasteiger partial charge in [0.2, 0.25) is 11.8 Å². The molecule has 1 aromatic heterocycles. The van der Waals surface area contributed by atoms with Gasteiger partial charge in [0, 0.05) is 17.4 Å². The Morgan fingerprint density at radius 2 is 1.93 bits per heavy atom. The molecule has 2 amide bonds. The number of amides is 2. The van der Waals surface area contributed by atoms with Gasteiger partial charge < -0.3 is 5.32 Å². The van der Waals surface area contributed by atoms with Crippen molar-refractivity contribution in [2.75, 3.05) is 19.6 Å². The predicted octanol–water partition coefficient (Wildman–Crippen LogP) is 2.81. The van der Waals surface area contributed by atoms with Gasteiger partial charge >= 0.3 is 0 Å². The smallest absolute Gasteiger partial charge is 0.243 e. The van der Waals surface area contributed by atoms with Crippen molar-refractivity contribution < 1.29 is 14.8 Å². The monoisotopic (exact) mass is 416 g/mol. The number of thiazole rings is 1. The number of nitrogens with zero attached hydrogens (tertiary/aromatic N) is 2. The van der Waals surface area contributed by atoms with E-state index in [1.807, 2.05) is 35.7 Å². The van der Waals surface area contributed by atoms with Crippen LogP contribution in [0.2, 0.25) is 0 Å². The average Bonchev–Trinajstić information content (AvgIpc) is 3.23. The van der Waals surface area contributed by atoms with Crippen molar-refractivity contribution in [3.63, 3.8) is 0 Å². The van der Waals surface area contributed by atoms with Crippen molar-refractivity contribution in [1.82, 2.24) is 20.7 Å². The Kier molecular flexibility index (Phi) is 8.15. The van der Waals surface area contributed by atoms with E-state index in [4.69, 9.17) is 5.21 Å². The summed E-state index contributed by atoms with van der Waals surface area (Å²) in [6.07, 6.45) is 4.22. The molecule has 8 heteroatoms. The summed E-state index contributed by atoms with van der Waals surface area (Å²) in [5, 5.41) is 14.4. The highest BCUT2D eigenvalue weighted by molar-refractivity contribution is 7.13. The Morgan fingerprint density at radius 3 is 2.66 bits per heavy atom. The maximum atomic E-state index is 12.3. The number of hydrogen-bond donors (Lipinski definition) is 3. The van der Waals surface area contributed by atoms with Crippen LogP contribution in [0.5, 0.6) is 0 Å². The highest BCUT2D eigenvalue weighted by Crippen LogP contribution is 2.24. The van der Waals surface area contributed by atoms with E-state index in [1.165, 1.54) is 0 Å². The number of aromatic nitrogens is 1. The van der Waals surface area contributed by atoms with E-state index in [2.05, 4.69) is 15.2 Å². The van der Waals surface area contributed by atoms with Crippen LogP contribution in [0.3, 0.4) is 0 Å². The van der Waals surface area contributed by atoms with Crippen molar-refractivity contribution in [3.05, 3.63) is 41.4 Å². The topological polar surface area (TPSA) is 94.6 Å². The zero-order valence-corrected chi connectivity index (χ0v) is 17.3. The van der Waals surface area contributed by atoms with Gasteiger partial charge in [-0.2, -0.15) is 0 Å². The van der Waals surface area contributed by atoms with Crippen LogP contribution in [-0.4, -0.2) is 46.5 Å². The fraction of sp³-hybridized carbons (Fsp3) is 0.476. The van der Waals surface area contributed by atoms with Crippen molar-refractivity contribution in [2.45, 2.75) is 38.6 Å². The van der Waals surface area contributed by atoms with Crippen LogP contribution in [0, 0.1) is 5.92 Å². The molecular formula is C21H28N4O3S. The van der Waals surface area contributed by atoms with E-state index in [9.17, 15) is 9.59 Å². The van der Waals surface area contributed by atoms with Gasteiger partial charge in [-0.3, -0.25) is 19.7 Å². The molecule has 1 aliphatic heterocycles. The zero-order valence-electron chi connectivity index (χ0n) is 16.5. The van der Waals surface area contributed by atoms with E-state index < -0.39 is 0 Å². The minimum Gasteiger partial charge on any atom is -0.349 e. The molecule has 0 spiro atoms. The standard InChI is InChI=1S/C21H28N4O3S/c26-19(24-28)8-4-5-16-9-11-25(12-10-16)14-20(27)22-13-18-15-29-21(23-18)17-6-2-1-3-7-17/h1-3,6-7,15-16,28H,4-5,8-14H2,(H,22,27)(H,24,26). The Labute approximate surface area is 175 Å². The summed E-state index contributed by atoms with van der Waals surface area (Å²) >= 11 is 1.59. The van der Waals surface area contributed by atoms with E-state index in [-0.39, 0.29) is 11.8 Å². The highest BCUT2D eigenvalue weighted by atomic mass is 32.1. The lowest BCUT2D eigenvalue weighted by Gasteiger charge is -2.31. The quantitative estimate of drug-likeness (QED) is 0.432. The van der Waals surface area contributed by atoms with Crippen molar-refractivity contribution in [1.29, 1.82) is 0 Å². The summed E-state index contributed by atoms with van der Waals surface area (Å²) in [6.45, 7) is 2.67. The fourth-order valence-electron chi connectivity index (χ4n) is 3.59. The zero-order chi connectivity index (χ0) is 20.5. The molecule has 0 unspecified atom stereocenters. The van der Waals surface area contributed by atoms with Crippen LogP contribution in [0.25, 0.3) is 10.6 Å². The Hall–Kier alpha value is -2.29. The lowest BCUT2D eigenvalue weighted by atomic mass is 9.91. The summed E-state index contributed by atoms with van der Waals surface area (Å²) in [4.78, 5) is 30.1. The third-order valence-corrected chi connectivity index (χ3v) is 6.19. The highest BCUT2D eigenvalue weighted by Gasteiger charge is 2.21. The van der Waals surface area contributed by atoms with Crippen molar-refractivity contribution in [3.8, 4) is 10.6 Å². The minimum atomic E-state index is -0.324. The SMILES string of the molecule is O=C(CCCC1CCN(CC(=O)NCc2csc(-c3ccccc3)n2)CC1)NO. The van der Waals surface area contributed by atoms with E-state index in [0.717, 1.165) is 55.0 Å². The first-order chi connectivity index (χ1) is 14.1. The number of carbonyl (C=O) groups is 2. The second kappa shape index (κ2) is 11.0. The lowest BCUT2D eigenvalue weighted by Crippen LogP contribution is -2.41. The number of carbonyl (C=O) groups excluding carboxylic acids is 2. The Morgan fingerprint density at radius 1 is 1.17 bits per heavy atom. The van der Waals surface area contributed by atoms with Gasteiger partial charge in [-0.1, -0.05) is 30.3 Å². The molecule has 1 aliphatic rings. The third-order valence-electron chi connectivity index (χ3n) is 5.25. The van der Waals surface area contributed by atoms with Crippen LogP contribution >= 0.6 is 11.3 Å². The first kappa shape index (κ1) is 21.4. The fourth-order valence-corrected chi connectivity index (χ4v) is 4.42. The summed E-state index contributed by atoms with van der Waals surface area (Å²) in [5.41, 5.74) is 3.64. The molecule has 1 fully saturated rings. The summed E-state index contributed by atoms with van der Waals surface area (Å²) in [5.74, 6) is 0.291. The normalized spacial score (nSPS) is 15.2. The van der Waals surface area contributed by atoms with Crippen LogP contribution in [0.15, 0.2) is 35.7 Å². The number of likely N-dealkylation sites (tertiary alicyclic amines) is 1. The van der Waals surface area contributed by atoms with Gasteiger partial charge in [-0.25, -0.2) is 10.5 Å². The van der Waals surface area contributed by atoms with Crippen molar-refractivity contribution >= 4 is 23.2 Å². The molecule has 0 aliphatic carbocycles. The van der Waals surface area contributed by atoms with Crippen molar-refractivity contribution in [2.24, 2.45) is 5.92 Å².